The number of hydrogen-bond donors (Lipinski definition) is 1. The number of likely N-dealkylation sites (N-methyl/N-ethyl adjacent to an activating group) is 1. The highest BCUT2D eigenvalue weighted by molar-refractivity contribution is 5.91. The monoisotopic (exact) mass is 371 g/mol. The number of aromatic nitrogens is 2. The first-order chi connectivity index (χ1) is 13.1. The van der Waals surface area contributed by atoms with Crippen LogP contribution in [0.2, 0.25) is 0 Å². The third-order valence-electron chi connectivity index (χ3n) is 4.56. The summed E-state index contributed by atoms with van der Waals surface area (Å²) < 4.78 is 10.5. The van der Waals surface area contributed by atoms with Gasteiger partial charge in [-0.15, -0.1) is 0 Å². The second-order valence-electron chi connectivity index (χ2n) is 6.47. The predicted molar refractivity (Wildman–Crippen MR) is 104 cm³/mol. The third kappa shape index (κ3) is 4.85. The molecule has 8 nitrogen and oxygen atoms in total. The first-order valence-electron chi connectivity index (χ1n) is 8.85. The van der Waals surface area contributed by atoms with E-state index in [0.29, 0.717) is 17.3 Å². The molecule has 1 aromatic carbocycles. The molecule has 0 unspecified atom stereocenters. The number of methoxy groups -OCH3 is 2. The molecule has 144 valence electrons. The largest absolute Gasteiger partial charge is 0.493 e. The summed E-state index contributed by atoms with van der Waals surface area (Å²) in [5.41, 5.74) is 0.832. The minimum Gasteiger partial charge on any atom is -0.493 e. The summed E-state index contributed by atoms with van der Waals surface area (Å²) in [5.74, 6) is 2.42. The van der Waals surface area contributed by atoms with Crippen LogP contribution >= 0.6 is 0 Å². The maximum absolute atomic E-state index is 12.4. The zero-order valence-electron chi connectivity index (χ0n) is 15.9. The van der Waals surface area contributed by atoms with Gasteiger partial charge >= 0.3 is 0 Å². The molecule has 1 aliphatic heterocycles. The molecule has 0 bridgehead atoms. The molecule has 8 heteroatoms. The number of benzene rings is 1. The Morgan fingerprint density at radius 1 is 1.07 bits per heavy atom. The molecule has 0 radical (unpaired) electrons. The third-order valence-corrected chi connectivity index (χ3v) is 4.56. The Hall–Kier alpha value is -2.87. The van der Waals surface area contributed by atoms with E-state index >= 15 is 0 Å². The van der Waals surface area contributed by atoms with Gasteiger partial charge in [0.1, 0.15) is 18.0 Å². The summed E-state index contributed by atoms with van der Waals surface area (Å²) in [4.78, 5) is 25.4. The number of amides is 1. The van der Waals surface area contributed by atoms with Gasteiger partial charge in [0.25, 0.3) is 0 Å². The van der Waals surface area contributed by atoms with Gasteiger partial charge in [-0.05, 0) is 24.7 Å². The Bertz CT molecular complexity index is 791. The number of nitrogens with one attached hydrogen (secondary N) is 1. The van der Waals surface area contributed by atoms with E-state index < -0.39 is 0 Å². The van der Waals surface area contributed by atoms with E-state index in [9.17, 15) is 4.79 Å². The second-order valence-corrected chi connectivity index (χ2v) is 6.47. The molecule has 3 rings (SSSR count). The van der Waals surface area contributed by atoms with Crippen LogP contribution in [0.5, 0.6) is 11.5 Å². The lowest BCUT2D eigenvalue weighted by Gasteiger charge is -2.33. The van der Waals surface area contributed by atoms with Crippen LogP contribution in [0, 0.1) is 0 Å². The van der Waals surface area contributed by atoms with Gasteiger partial charge < -0.3 is 24.6 Å². The molecule has 1 fully saturated rings. The van der Waals surface area contributed by atoms with Gasteiger partial charge in [0.15, 0.2) is 11.5 Å². The van der Waals surface area contributed by atoms with Crippen LogP contribution in [0.25, 0.3) is 0 Å². The summed E-state index contributed by atoms with van der Waals surface area (Å²) in [5, 5.41) is 2.85. The van der Waals surface area contributed by atoms with E-state index in [2.05, 4.69) is 32.1 Å². The minimum atomic E-state index is -0.148. The van der Waals surface area contributed by atoms with Gasteiger partial charge in [-0.1, -0.05) is 6.07 Å². The Kier molecular flexibility index (Phi) is 6.08. The maximum Gasteiger partial charge on any atom is 0.229 e. The van der Waals surface area contributed by atoms with Crippen molar-refractivity contribution in [2.75, 3.05) is 57.7 Å². The number of carbonyl (C=O) groups is 1. The minimum absolute atomic E-state index is 0.148. The van der Waals surface area contributed by atoms with Gasteiger partial charge in [0.05, 0.1) is 20.6 Å². The lowest BCUT2D eigenvalue weighted by molar-refractivity contribution is -0.115. The summed E-state index contributed by atoms with van der Waals surface area (Å²) >= 11 is 0. The van der Waals surface area contributed by atoms with Crippen molar-refractivity contribution >= 4 is 17.5 Å². The van der Waals surface area contributed by atoms with Gasteiger partial charge in [-0.2, -0.15) is 0 Å². The Labute approximate surface area is 159 Å². The van der Waals surface area contributed by atoms with E-state index in [0.717, 1.165) is 37.6 Å². The standard InChI is InChI=1S/C19H25N5O3/c1-23-6-8-24(9-7-23)18-12-17(20-13-21-18)22-19(25)11-14-4-5-15(26-2)16(10-14)27-3/h4-5,10,12-13H,6-9,11H2,1-3H3,(H,20,21,22,25). The highest BCUT2D eigenvalue weighted by Gasteiger charge is 2.16. The Morgan fingerprint density at radius 3 is 2.52 bits per heavy atom. The number of rotatable bonds is 6. The fourth-order valence-electron chi connectivity index (χ4n) is 2.99. The van der Waals surface area contributed by atoms with Crippen LogP contribution in [0.4, 0.5) is 11.6 Å². The van der Waals surface area contributed by atoms with E-state index in [1.54, 1.807) is 26.4 Å². The Morgan fingerprint density at radius 2 is 1.81 bits per heavy atom. The normalized spacial score (nSPS) is 14.7. The average Bonchev–Trinajstić information content (AvgIpc) is 2.68. The van der Waals surface area contributed by atoms with Crippen molar-refractivity contribution in [1.29, 1.82) is 0 Å². The van der Waals surface area contributed by atoms with Crippen molar-refractivity contribution in [3.05, 3.63) is 36.2 Å². The van der Waals surface area contributed by atoms with Crippen molar-refractivity contribution in [3.8, 4) is 11.5 Å². The van der Waals surface area contributed by atoms with Crippen LogP contribution in [0.3, 0.4) is 0 Å². The van der Waals surface area contributed by atoms with Gasteiger partial charge in [-0.25, -0.2) is 9.97 Å². The van der Waals surface area contributed by atoms with Crippen LogP contribution in [0.1, 0.15) is 5.56 Å². The van der Waals surface area contributed by atoms with Crippen molar-refractivity contribution in [3.63, 3.8) is 0 Å². The van der Waals surface area contributed by atoms with Gasteiger partial charge in [0, 0.05) is 32.2 Å². The van der Waals surface area contributed by atoms with Crippen LogP contribution in [0.15, 0.2) is 30.6 Å². The first kappa shape index (κ1) is 18.9. The smallest absolute Gasteiger partial charge is 0.229 e. The molecule has 1 saturated heterocycles. The maximum atomic E-state index is 12.4. The average molecular weight is 371 g/mol. The molecule has 1 N–H and O–H groups in total. The van der Waals surface area contributed by atoms with Crippen molar-refractivity contribution in [2.24, 2.45) is 0 Å². The predicted octanol–water partition coefficient (Wildman–Crippen LogP) is 1.43. The van der Waals surface area contributed by atoms with E-state index in [1.807, 2.05) is 12.1 Å². The van der Waals surface area contributed by atoms with Crippen LogP contribution < -0.4 is 19.7 Å². The lowest BCUT2D eigenvalue weighted by Crippen LogP contribution is -2.44. The molecule has 27 heavy (non-hydrogen) atoms. The summed E-state index contributed by atoms with van der Waals surface area (Å²) in [6.07, 6.45) is 1.70. The number of carbonyl (C=O) groups excluding carboxylic acids is 1. The highest BCUT2D eigenvalue weighted by Crippen LogP contribution is 2.27. The second kappa shape index (κ2) is 8.68. The molecule has 0 atom stereocenters. The molecule has 1 aliphatic rings. The first-order valence-corrected chi connectivity index (χ1v) is 8.85. The van der Waals surface area contributed by atoms with Gasteiger partial charge in [0.2, 0.25) is 5.91 Å². The fourth-order valence-corrected chi connectivity index (χ4v) is 2.99. The fraction of sp³-hybridized carbons (Fsp3) is 0.421. The van der Waals surface area contributed by atoms with E-state index in [-0.39, 0.29) is 12.3 Å². The van der Waals surface area contributed by atoms with E-state index in [4.69, 9.17) is 9.47 Å². The van der Waals surface area contributed by atoms with Crippen molar-refractivity contribution in [1.82, 2.24) is 14.9 Å². The highest BCUT2D eigenvalue weighted by atomic mass is 16.5. The number of ether oxygens (including phenoxy) is 2. The lowest BCUT2D eigenvalue weighted by atomic mass is 10.1. The molecule has 1 aromatic heterocycles. The Balaban J connectivity index is 1.63. The van der Waals surface area contributed by atoms with Crippen LogP contribution in [-0.4, -0.2) is 68.2 Å². The van der Waals surface area contributed by atoms with Crippen LogP contribution in [-0.2, 0) is 11.2 Å². The number of hydrogen-bond acceptors (Lipinski definition) is 7. The SMILES string of the molecule is COc1ccc(CC(=O)Nc2cc(N3CCN(C)CC3)ncn2)cc1OC. The van der Waals surface area contributed by atoms with E-state index in [1.165, 1.54) is 6.33 Å². The summed E-state index contributed by atoms with van der Waals surface area (Å²) in [6.45, 7) is 3.80. The number of piperazine rings is 1. The molecule has 0 spiro atoms. The molecular formula is C19H25N5O3. The number of nitrogens with zero attached hydrogens (tertiary/aromatic N) is 4. The molecular weight excluding hydrogens is 346 g/mol. The zero-order chi connectivity index (χ0) is 19.2. The summed E-state index contributed by atoms with van der Waals surface area (Å²) in [6, 6.07) is 7.25. The quantitative estimate of drug-likeness (QED) is 0.823. The molecule has 0 aliphatic carbocycles. The van der Waals surface area contributed by atoms with Gasteiger partial charge in [-0.3, -0.25) is 4.79 Å². The van der Waals surface area contributed by atoms with Crippen molar-refractivity contribution < 1.29 is 14.3 Å². The molecule has 2 heterocycles. The van der Waals surface area contributed by atoms with Crippen molar-refractivity contribution in [2.45, 2.75) is 6.42 Å². The molecule has 0 saturated carbocycles. The molecule has 2 aromatic rings. The topological polar surface area (TPSA) is 79.8 Å². The molecule has 1 amide bonds. The number of anilines is 2. The summed E-state index contributed by atoms with van der Waals surface area (Å²) in [7, 11) is 5.26. The zero-order valence-corrected chi connectivity index (χ0v) is 15.9.